The first-order valence-corrected chi connectivity index (χ1v) is 21.1. The highest BCUT2D eigenvalue weighted by Crippen LogP contribution is 2.43. The van der Waals surface area contributed by atoms with E-state index >= 15 is 0 Å². The highest BCUT2D eigenvalue weighted by atomic mass is 15.1. The van der Waals surface area contributed by atoms with Crippen LogP contribution in [-0.4, -0.2) is 14.5 Å². The monoisotopic (exact) mass is 790 g/mol. The number of benzene rings is 10. The number of para-hydroxylation sites is 3. The number of aromatic nitrogens is 3. The van der Waals surface area contributed by atoms with E-state index in [0.29, 0.717) is 0 Å². The van der Waals surface area contributed by atoms with Gasteiger partial charge in [0.2, 0.25) is 0 Å². The van der Waals surface area contributed by atoms with Crippen molar-refractivity contribution in [2.75, 3.05) is 5.32 Å². The molecule has 0 unspecified atom stereocenters. The van der Waals surface area contributed by atoms with Gasteiger partial charge in [-0.15, -0.1) is 0 Å². The summed E-state index contributed by atoms with van der Waals surface area (Å²) >= 11 is 0. The number of hydrogen-bond acceptors (Lipinski definition) is 3. The fourth-order valence-corrected chi connectivity index (χ4v) is 9.20. The van der Waals surface area contributed by atoms with Crippen molar-refractivity contribution in [3.8, 4) is 50.5 Å². The predicted molar refractivity (Wildman–Crippen MR) is 260 cm³/mol. The van der Waals surface area contributed by atoms with E-state index in [2.05, 4.69) is 222 Å². The first kappa shape index (κ1) is 35.6. The van der Waals surface area contributed by atoms with Crippen LogP contribution in [0, 0.1) is 0 Å². The molecule has 0 amide bonds. The van der Waals surface area contributed by atoms with Crippen LogP contribution in [0.25, 0.3) is 105 Å². The molecular weight excluding hydrogens is 753 g/mol. The summed E-state index contributed by atoms with van der Waals surface area (Å²) in [5.74, 6) is 0.797. The van der Waals surface area contributed by atoms with Gasteiger partial charge in [0.05, 0.1) is 22.1 Å². The van der Waals surface area contributed by atoms with Gasteiger partial charge in [-0.2, -0.15) is 0 Å². The molecule has 0 atom stereocenters. The summed E-state index contributed by atoms with van der Waals surface area (Å²) in [7, 11) is 0. The molecule has 0 saturated carbocycles. The van der Waals surface area contributed by atoms with E-state index < -0.39 is 0 Å². The molecule has 0 radical (unpaired) electrons. The Morgan fingerprint density at radius 3 is 1.69 bits per heavy atom. The average molecular weight is 791 g/mol. The third-order valence-electron chi connectivity index (χ3n) is 12.2. The van der Waals surface area contributed by atoms with E-state index in [-0.39, 0.29) is 0 Å². The Bertz CT molecular complexity index is 3660. The lowest BCUT2D eigenvalue weighted by molar-refractivity contribution is 1.08. The molecule has 62 heavy (non-hydrogen) atoms. The molecule has 0 fully saturated rings. The number of fused-ring (bicyclic) bond motifs is 6. The smallest absolute Gasteiger partial charge is 0.165 e. The minimum atomic E-state index is 0.797. The Hall–Kier alpha value is -8.34. The lowest BCUT2D eigenvalue weighted by Gasteiger charge is -2.16. The highest BCUT2D eigenvalue weighted by Gasteiger charge is 2.23. The number of hydrogen-bond donors (Lipinski definition) is 1. The van der Waals surface area contributed by atoms with E-state index in [0.717, 1.165) is 83.9 Å². The molecule has 2 aromatic heterocycles. The molecule has 0 aliphatic carbocycles. The largest absolute Gasteiger partial charge is 0.355 e. The SMILES string of the molecule is c1ccc(-c2ccccc2-c2nc3ccccc3nc2-n2c3cc4ccccc4cc3c3c(-c4ccc(-c5ccccc5Nc5ccc6ccccc6c5)cc4)cccc32)cc1. The zero-order valence-electron chi connectivity index (χ0n) is 33.7. The van der Waals surface area contributed by atoms with Gasteiger partial charge in [-0.25, -0.2) is 9.97 Å². The summed E-state index contributed by atoms with van der Waals surface area (Å²) in [6.07, 6.45) is 0. The molecule has 4 heteroatoms. The van der Waals surface area contributed by atoms with Crippen LogP contribution < -0.4 is 5.32 Å². The minimum absolute atomic E-state index is 0.797. The standard InChI is InChI=1S/C58H38N4/c1-2-16-39(17-3-1)46-21-8-9-23-49(46)57-58(61-53-27-13-12-26-52(53)60-57)62-54-28-14-24-48(56(54)50-36-43-19-6-7-20-44(43)37-55(50)62)41-31-29-40(30-32-41)47-22-10-11-25-51(47)59-45-34-33-38-15-4-5-18-42(38)35-45/h1-37,59H. The highest BCUT2D eigenvalue weighted by molar-refractivity contribution is 6.19. The predicted octanol–water partition coefficient (Wildman–Crippen LogP) is 15.4. The summed E-state index contributed by atoms with van der Waals surface area (Å²) in [6.45, 7) is 0. The molecule has 1 N–H and O–H groups in total. The summed E-state index contributed by atoms with van der Waals surface area (Å²) in [5.41, 5.74) is 14.7. The molecule has 0 spiro atoms. The third-order valence-corrected chi connectivity index (χ3v) is 12.2. The molecule has 0 aliphatic rings. The van der Waals surface area contributed by atoms with E-state index in [9.17, 15) is 0 Å². The Labute approximate surface area is 359 Å². The van der Waals surface area contributed by atoms with Crippen molar-refractivity contribution >= 4 is 65.8 Å². The second-order valence-electron chi connectivity index (χ2n) is 15.9. The molecular formula is C58H38N4. The van der Waals surface area contributed by atoms with Crippen molar-refractivity contribution in [1.29, 1.82) is 0 Å². The lowest BCUT2D eigenvalue weighted by Crippen LogP contribution is -2.04. The summed E-state index contributed by atoms with van der Waals surface area (Å²) in [6, 6.07) is 79.9. The fraction of sp³-hybridized carbons (Fsp3) is 0. The molecule has 2 heterocycles. The van der Waals surface area contributed by atoms with Crippen LogP contribution in [0.15, 0.2) is 224 Å². The normalized spacial score (nSPS) is 11.5. The van der Waals surface area contributed by atoms with Crippen LogP contribution in [-0.2, 0) is 0 Å². The number of nitrogens with zero attached hydrogens (tertiary/aromatic N) is 3. The Morgan fingerprint density at radius 1 is 0.355 bits per heavy atom. The molecule has 10 aromatic carbocycles. The molecule has 290 valence electrons. The van der Waals surface area contributed by atoms with Gasteiger partial charge in [-0.05, 0) is 97.9 Å². The van der Waals surface area contributed by atoms with Crippen LogP contribution in [0.1, 0.15) is 0 Å². The molecule has 12 rings (SSSR count). The zero-order valence-corrected chi connectivity index (χ0v) is 33.7. The number of anilines is 2. The second-order valence-corrected chi connectivity index (χ2v) is 15.9. The van der Waals surface area contributed by atoms with Gasteiger partial charge < -0.3 is 5.32 Å². The van der Waals surface area contributed by atoms with Crippen molar-refractivity contribution in [3.63, 3.8) is 0 Å². The fourth-order valence-electron chi connectivity index (χ4n) is 9.20. The van der Waals surface area contributed by atoms with Gasteiger partial charge >= 0.3 is 0 Å². The summed E-state index contributed by atoms with van der Waals surface area (Å²) in [5, 5.41) is 10.9. The maximum Gasteiger partial charge on any atom is 0.165 e. The van der Waals surface area contributed by atoms with E-state index in [1.54, 1.807) is 0 Å². The van der Waals surface area contributed by atoms with Crippen LogP contribution in [0.2, 0.25) is 0 Å². The van der Waals surface area contributed by atoms with Gasteiger partial charge in [0, 0.05) is 33.3 Å². The number of rotatable bonds is 7. The average Bonchev–Trinajstić information content (AvgIpc) is 3.66. The van der Waals surface area contributed by atoms with Crippen molar-refractivity contribution < 1.29 is 0 Å². The van der Waals surface area contributed by atoms with Crippen LogP contribution in [0.3, 0.4) is 0 Å². The summed E-state index contributed by atoms with van der Waals surface area (Å²) < 4.78 is 2.35. The van der Waals surface area contributed by atoms with Crippen LogP contribution in [0.4, 0.5) is 11.4 Å². The van der Waals surface area contributed by atoms with E-state index in [4.69, 9.17) is 9.97 Å². The van der Waals surface area contributed by atoms with Gasteiger partial charge in [-0.3, -0.25) is 4.57 Å². The van der Waals surface area contributed by atoms with E-state index in [1.165, 1.54) is 32.3 Å². The van der Waals surface area contributed by atoms with Gasteiger partial charge in [0.25, 0.3) is 0 Å². The van der Waals surface area contributed by atoms with Gasteiger partial charge in [0.15, 0.2) is 5.82 Å². The number of nitrogens with one attached hydrogen (secondary N) is 1. The maximum absolute atomic E-state index is 5.50. The van der Waals surface area contributed by atoms with Crippen molar-refractivity contribution in [2.24, 2.45) is 0 Å². The van der Waals surface area contributed by atoms with E-state index in [1.807, 2.05) is 12.1 Å². The first-order valence-electron chi connectivity index (χ1n) is 21.1. The second kappa shape index (κ2) is 14.7. The van der Waals surface area contributed by atoms with Gasteiger partial charge in [-0.1, -0.05) is 176 Å². The molecule has 12 aromatic rings. The topological polar surface area (TPSA) is 42.7 Å². The van der Waals surface area contributed by atoms with Crippen LogP contribution in [0.5, 0.6) is 0 Å². The maximum atomic E-state index is 5.50. The van der Waals surface area contributed by atoms with Crippen molar-refractivity contribution in [1.82, 2.24) is 14.5 Å². The molecule has 0 saturated heterocycles. The molecule has 0 bridgehead atoms. The quantitative estimate of drug-likeness (QED) is 0.175. The van der Waals surface area contributed by atoms with Crippen molar-refractivity contribution in [2.45, 2.75) is 0 Å². The lowest BCUT2D eigenvalue weighted by atomic mass is 9.96. The summed E-state index contributed by atoms with van der Waals surface area (Å²) in [4.78, 5) is 10.9. The minimum Gasteiger partial charge on any atom is -0.355 e. The van der Waals surface area contributed by atoms with Crippen LogP contribution >= 0.6 is 0 Å². The third kappa shape index (κ3) is 6.08. The molecule has 4 nitrogen and oxygen atoms in total. The zero-order chi connectivity index (χ0) is 41.0. The Balaban J connectivity index is 1.05. The Kier molecular flexibility index (Phi) is 8.46. The first-order chi connectivity index (χ1) is 30.7. The molecule has 0 aliphatic heterocycles. The van der Waals surface area contributed by atoms with Gasteiger partial charge in [0.1, 0.15) is 5.69 Å². The van der Waals surface area contributed by atoms with Crippen molar-refractivity contribution in [3.05, 3.63) is 224 Å². The Morgan fingerprint density at radius 2 is 0.919 bits per heavy atom.